The molecular formula is C56H62O10S. The van der Waals surface area contributed by atoms with Crippen LogP contribution in [0.4, 0.5) is 0 Å². The Kier molecular flexibility index (Phi) is 19.0. The molecule has 2 fully saturated rings. The van der Waals surface area contributed by atoms with Crippen LogP contribution in [-0.4, -0.2) is 87.1 Å². The Labute approximate surface area is 399 Å². The zero-order valence-corrected chi connectivity index (χ0v) is 39.1. The molecule has 11 heteroatoms. The number of rotatable bonds is 24. The largest absolute Gasteiger partial charge is 0.368 e. The maximum atomic E-state index is 6.90. The molecule has 0 unspecified atom stereocenters. The van der Waals surface area contributed by atoms with Crippen molar-refractivity contribution in [2.75, 3.05) is 25.7 Å². The Bertz CT molecular complexity index is 2090. The van der Waals surface area contributed by atoms with Crippen LogP contribution in [0, 0.1) is 0 Å². The highest BCUT2D eigenvalue weighted by atomic mass is 32.2. The van der Waals surface area contributed by atoms with Gasteiger partial charge in [0.05, 0.1) is 51.8 Å². The Morgan fingerprint density at radius 1 is 0.313 bits per heavy atom. The maximum Gasteiger partial charge on any atom is 0.186 e. The first kappa shape index (κ1) is 48.7. The molecular weight excluding hydrogens is 865 g/mol. The van der Waals surface area contributed by atoms with Gasteiger partial charge in [-0.2, -0.15) is 11.8 Å². The third-order valence-electron chi connectivity index (χ3n) is 11.9. The van der Waals surface area contributed by atoms with Gasteiger partial charge in [-0.3, -0.25) is 0 Å². The fraction of sp³-hybridized carbons (Fsp3) is 0.357. The summed E-state index contributed by atoms with van der Waals surface area (Å²) in [5.74, 6) is 1.03. The molecule has 10 nitrogen and oxygen atoms in total. The van der Waals surface area contributed by atoms with Crippen LogP contribution in [0.1, 0.15) is 33.4 Å². The summed E-state index contributed by atoms with van der Waals surface area (Å²) < 4.78 is 66.9. The summed E-state index contributed by atoms with van der Waals surface area (Å²) in [6.45, 7) is 2.10. The molecule has 0 N–H and O–H groups in total. The minimum absolute atomic E-state index is 0.346. The molecule has 0 radical (unpaired) electrons. The van der Waals surface area contributed by atoms with Crippen molar-refractivity contribution < 1.29 is 47.4 Å². The Balaban J connectivity index is 1.06. The van der Waals surface area contributed by atoms with Gasteiger partial charge in [-0.05, 0) is 33.4 Å². The predicted octanol–water partition coefficient (Wildman–Crippen LogP) is 9.97. The van der Waals surface area contributed by atoms with E-state index in [9.17, 15) is 0 Å². The highest BCUT2D eigenvalue weighted by molar-refractivity contribution is 7.99. The molecule has 2 aliphatic heterocycles. The first-order valence-electron chi connectivity index (χ1n) is 23.0. The molecule has 6 aromatic rings. The van der Waals surface area contributed by atoms with Crippen LogP contribution in [0.5, 0.6) is 0 Å². The Hall–Kier alpha value is -4.73. The van der Waals surface area contributed by atoms with Crippen molar-refractivity contribution in [1.29, 1.82) is 0 Å². The molecule has 0 aromatic heterocycles. The SMILES string of the molecule is CO[C@H]1O[C@H](CSC[C@H]2O[C@H](OC)[C@H](OCc3ccccc3)[C@@H](OCc3ccccc3)[C@@H]2OCc2ccccc2)[C@@H](OCc2ccccc2)[C@H](OCc2ccccc2)[C@@H]1OCc1ccccc1. The highest BCUT2D eigenvalue weighted by Crippen LogP contribution is 2.36. The molecule has 2 saturated heterocycles. The zero-order valence-electron chi connectivity index (χ0n) is 38.2. The van der Waals surface area contributed by atoms with Gasteiger partial charge in [0.1, 0.15) is 36.6 Å². The molecule has 0 amide bonds. The smallest absolute Gasteiger partial charge is 0.186 e. The average Bonchev–Trinajstić information content (AvgIpc) is 3.39. The number of ether oxygens (including phenoxy) is 10. The molecule has 67 heavy (non-hydrogen) atoms. The maximum absolute atomic E-state index is 6.90. The minimum Gasteiger partial charge on any atom is -0.368 e. The van der Waals surface area contributed by atoms with Crippen molar-refractivity contribution in [3.05, 3.63) is 215 Å². The second-order valence-corrected chi connectivity index (χ2v) is 17.7. The summed E-state index contributed by atoms with van der Waals surface area (Å²) in [6, 6.07) is 60.8. The van der Waals surface area contributed by atoms with Gasteiger partial charge in [0.15, 0.2) is 12.6 Å². The summed E-state index contributed by atoms with van der Waals surface area (Å²) in [5.41, 5.74) is 6.21. The predicted molar refractivity (Wildman–Crippen MR) is 259 cm³/mol. The van der Waals surface area contributed by atoms with E-state index in [2.05, 4.69) is 48.5 Å². The van der Waals surface area contributed by atoms with Gasteiger partial charge < -0.3 is 47.4 Å². The van der Waals surface area contributed by atoms with Gasteiger partial charge in [-0.1, -0.05) is 182 Å². The summed E-state index contributed by atoms with van der Waals surface area (Å²) in [7, 11) is 3.29. The monoisotopic (exact) mass is 926 g/mol. The number of hydrogen-bond donors (Lipinski definition) is 0. The molecule has 352 valence electrons. The standard InChI is InChI=1S/C56H62O10S/c1-57-55-53(63-37-45-29-17-7-18-30-45)51(61-35-43-25-13-5-14-26-43)49(59-33-41-21-9-3-10-22-41)47(65-55)39-67-40-48-50(60-34-42-23-11-4-12-24-42)52(62-36-44-27-15-6-16-28-44)54(56(58-2)66-48)64-38-46-31-19-8-20-32-46/h3-32,47-56H,33-40H2,1-2H3/t47-,48-,49-,50-,51+,52+,53-,54+,55+,56+/m1/s1. The molecule has 2 aliphatic rings. The summed E-state index contributed by atoms with van der Waals surface area (Å²) in [4.78, 5) is 0. The van der Waals surface area contributed by atoms with Crippen LogP contribution in [0.25, 0.3) is 0 Å². The first-order valence-corrected chi connectivity index (χ1v) is 24.2. The van der Waals surface area contributed by atoms with E-state index in [1.165, 1.54) is 0 Å². The molecule has 2 heterocycles. The van der Waals surface area contributed by atoms with E-state index in [0.29, 0.717) is 51.1 Å². The lowest BCUT2D eigenvalue weighted by atomic mass is 9.98. The Morgan fingerprint density at radius 2 is 0.537 bits per heavy atom. The fourth-order valence-corrected chi connectivity index (χ4v) is 9.58. The quantitative estimate of drug-likeness (QED) is 0.0581. The van der Waals surface area contributed by atoms with Crippen molar-refractivity contribution in [3.63, 3.8) is 0 Å². The van der Waals surface area contributed by atoms with E-state index >= 15 is 0 Å². The lowest BCUT2D eigenvalue weighted by molar-refractivity contribution is -0.314. The molecule has 10 atom stereocenters. The second kappa shape index (κ2) is 26.1. The van der Waals surface area contributed by atoms with Crippen LogP contribution in [0.15, 0.2) is 182 Å². The summed E-state index contributed by atoms with van der Waals surface area (Å²) >= 11 is 1.68. The average molecular weight is 927 g/mol. The van der Waals surface area contributed by atoms with Gasteiger partial charge >= 0.3 is 0 Å². The van der Waals surface area contributed by atoms with Crippen LogP contribution in [-0.2, 0) is 87.0 Å². The third kappa shape index (κ3) is 14.2. The van der Waals surface area contributed by atoms with Crippen LogP contribution >= 0.6 is 11.8 Å². The lowest BCUT2D eigenvalue weighted by Crippen LogP contribution is -2.62. The molecule has 0 saturated carbocycles. The number of thioether (sulfide) groups is 1. The number of hydrogen-bond acceptors (Lipinski definition) is 11. The van der Waals surface area contributed by atoms with Gasteiger partial charge in [0.2, 0.25) is 0 Å². The van der Waals surface area contributed by atoms with Crippen molar-refractivity contribution in [1.82, 2.24) is 0 Å². The zero-order chi connectivity index (χ0) is 45.9. The van der Waals surface area contributed by atoms with Crippen LogP contribution in [0.3, 0.4) is 0 Å². The summed E-state index contributed by atoms with van der Waals surface area (Å²) in [6.07, 6.45) is -5.80. The molecule has 0 bridgehead atoms. The van der Waals surface area contributed by atoms with Crippen LogP contribution < -0.4 is 0 Å². The second-order valence-electron chi connectivity index (χ2n) is 16.7. The fourth-order valence-electron chi connectivity index (χ4n) is 8.44. The van der Waals surface area contributed by atoms with E-state index < -0.39 is 61.4 Å². The van der Waals surface area contributed by atoms with Crippen molar-refractivity contribution in [3.8, 4) is 0 Å². The lowest BCUT2D eigenvalue weighted by Gasteiger charge is -2.46. The van der Waals surface area contributed by atoms with Crippen molar-refractivity contribution >= 4 is 11.8 Å². The number of benzene rings is 6. The van der Waals surface area contributed by atoms with E-state index in [4.69, 9.17) is 47.4 Å². The molecule has 6 aromatic carbocycles. The van der Waals surface area contributed by atoms with E-state index in [1.54, 1.807) is 26.0 Å². The topological polar surface area (TPSA) is 92.3 Å². The molecule has 8 rings (SSSR count). The minimum atomic E-state index is -0.740. The normalized spacial score (nSPS) is 25.2. The van der Waals surface area contributed by atoms with Gasteiger partial charge in [-0.25, -0.2) is 0 Å². The van der Waals surface area contributed by atoms with Gasteiger partial charge in [0.25, 0.3) is 0 Å². The van der Waals surface area contributed by atoms with Crippen LogP contribution in [0.2, 0.25) is 0 Å². The molecule has 0 aliphatic carbocycles. The van der Waals surface area contributed by atoms with Crippen molar-refractivity contribution in [2.24, 2.45) is 0 Å². The summed E-state index contributed by atoms with van der Waals surface area (Å²) in [5, 5.41) is 0. The van der Waals surface area contributed by atoms with Crippen molar-refractivity contribution in [2.45, 2.75) is 101 Å². The molecule has 0 spiro atoms. The number of methoxy groups -OCH3 is 2. The third-order valence-corrected chi connectivity index (χ3v) is 13.1. The first-order chi connectivity index (χ1) is 33.1. The van der Waals surface area contributed by atoms with Gasteiger partial charge in [-0.15, -0.1) is 0 Å². The highest BCUT2D eigenvalue weighted by Gasteiger charge is 2.51. The van der Waals surface area contributed by atoms with E-state index in [1.807, 2.05) is 133 Å². The van der Waals surface area contributed by atoms with Gasteiger partial charge in [0, 0.05) is 25.7 Å². The Morgan fingerprint density at radius 3 is 0.776 bits per heavy atom. The van der Waals surface area contributed by atoms with E-state index in [0.717, 1.165) is 33.4 Å². The van der Waals surface area contributed by atoms with E-state index in [-0.39, 0.29) is 0 Å².